The maximum Gasteiger partial charge on any atom is 0.137 e. The molecule has 21 heavy (non-hydrogen) atoms. The smallest absolute Gasteiger partial charge is 0.137 e. The minimum atomic E-state index is -0.555. The highest BCUT2D eigenvalue weighted by Crippen LogP contribution is 2.32. The summed E-state index contributed by atoms with van der Waals surface area (Å²) in [4.78, 5) is 0.368. The van der Waals surface area contributed by atoms with E-state index in [9.17, 15) is 13.2 Å². The van der Waals surface area contributed by atoms with Gasteiger partial charge in [0.1, 0.15) is 17.5 Å². The van der Waals surface area contributed by atoms with Crippen molar-refractivity contribution in [3.63, 3.8) is 0 Å². The van der Waals surface area contributed by atoms with Crippen LogP contribution in [0.4, 0.5) is 13.2 Å². The van der Waals surface area contributed by atoms with Gasteiger partial charge in [-0.2, -0.15) is 0 Å². The zero-order valence-electron chi connectivity index (χ0n) is 11.2. The van der Waals surface area contributed by atoms with Crippen molar-refractivity contribution in [2.75, 3.05) is 0 Å². The molecule has 0 spiro atoms. The molecule has 5 heteroatoms. The molecule has 0 atom stereocenters. The lowest BCUT2D eigenvalue weighted by Crippen LogP contribution is -2.15. The number of nitrogens with one attached hydrogen (secondary N) is 1. The molecule has 0 unspecified atom stereocenters. The SMILES string of the molecule is Fc1ccc(F)c(Sc2ccc(CNC3CC3)cc2F)c1. The summed E-state index contributed by atoms with van der Waals surface area (Å²) in [6.45, 7) is 0.626. The van der Waals surface area contributed by atoms with E-state index in [2.05, 4.69) is 5.32 Å². The van der Waals surface area contributed by atoms with Crippen molar-refractivity contribution in [3.8, 4) is 0 Å². The molecule has 0 aliphatic heterocycles. The molecule has 0 bridgehead atoms. The fourth-order valence-electron chi connectivity index (χ4n) is 1.96. The van der Waals surface area contributed by atoms with Gasteiger partial charge >= 0.3 is 0 Å². The zero-order chi connectivity index (χ0) is 14.8. The van der Waals surface area contributed by atoms with Crippen LogP contribution in [0.15, 0.2) is 46.2 Å². The van der Waals surface area contributed by atoms with E-state index in [0.717, 1.165) is 35.5 Å². The minimum Gasteiger partial charge on any atom is -0.310 e. The number of hydrogen-bond acceptors (Lipinski definition) is 2. The normalized spacial score (nSPS) is 14.4. The van der Waals surface area contributed by atoms with Crippen molar-refractivity contribution in [1.82, 2.24) is 5.32 Å². The van der Waals surface area contributed by atoms with Crippen LogP contribution < -0.4 is 5.32 Å². The van der Waals surface area contributed by atoms with Gasteiger partial charge in [0.25, 0.3) is 0 Å². The van der Waals surface area contributed by atoms with E-state index in [-0.39, 0.29) is 9.79 Å². The molecule has 0 amide bonds. The molecule has 1 fully saturated rings. The fraction of sp³-hybridized carbons (Fsp3) is 0.250. The zero-order valence-corrected chi connectivity index (χ0v) is 12.0. The third-order valence-corrected chi connectivity index (χ3v) is 4.37. The van der Waals surface area contributed by atoms with Crippen LogP contribution in [0, 0.1) is 17.5 Å². The first-order valence-electron chi connectivity index (χ1n) is 6.76. The summed E-state index contributed by atoms with van der Waals surface area (Å²) in [5.74, 6) is -1.51. The lowest BCUT2D eigenvalue weighted by atomic mass is 10.2. The second-order valence-electron chi connectivity index (χ2n) is 5.10. The second-order valence-corrected chi connectivity index (χ2v) is 6.18. The van der Waals surface area contributed by atoms with E-state index in [1.807, 2.05) is 0 Å². The Morgan fingerprint density at radius 1 is 0.952 bits per heavy atom. The molecule has 110 valence electrons. The van der Waals surface area contributed by atoms with Gasteiger partial charge in [-0.25, -0.2) is 13.2 Å². The summed E-state index contributed by atoms with van der Waals surface area (Å²) in [5, 5.41) is 3.30. The topological polar surface area (TPSA) is 12.0 Å². The van der Waals surface area contributed by atoms with Crippen molar-refractivity contribution in [3.05, 3.63) is 59.4 Å². The average Bonchev–Trinajstić information content (AvgIpc) is 3.27. The Morgan fingerprint density at radius 3 is 2.48 bits per heavy atom. The molecule has 0 aromatic heterocycles. The molecule has 0 saturated heterocycles. The largest absolute Gasteiger partial charge is 0.310 e. The van der Waals surface area contributed by atoms with Crippen LogP contribution in [0.3, 0.4) is 0 Å². The number of rotatable bonds is 5. The molecular formula is C16H14F3NS. The predicted octanol–water partition coefficient (Wildman–Crippen LogP) is 4.51. The molecule has 0 heterocycles. The van der Waals surface area contributed by atoms with E-state index in [0.29, 0.717) is 12.6 Å². The summed E-state index contributed by atoms with van der Waals surface area (Å²) in [6.07, 6.45) is 2.35. The van der Waals surface area contributed by atoms with Crippen LogP contribution in [-0.4, -0.2) is 6.04 Å². The number of hydrogen-bond donors (Lipinski definition) is 1. The highest BCUT2D eigenvalue weighted by molar-refractivity contribution is 7.99. The molecule has 1 N–H and O–H groups in total. The van der Waals surface area contributed by atoms with Gasteiger partial charge in [0.15, 0.2) is 0 Å². The van der Waals surface area contributed by atoms with Crippen LogP contribution in [0.5, 0.6) is 0 Å². The predicted molar refractivity (Wildman–Crippen MR) is 76.7 cm³/mol. The van der Waals surface area contributed by atoms with Gasteiger partial charge in [-0.05, 0) is 48.7 Å². The second kappa shape index (κ2) is 6.12. The molecule has 3 rings (SSSR count). The van der Waals surface area contributed by atoms with E-state index < -0.39 is 17.5 Å². The van der Waals surface area contributed by atoms with Crippen LogP contribution in [0.2, 0.25) is 0 Å². The van der Waals surface area contributed by atoms with Gasteiger partial charge in [0.05, 0.1) is 4.90 Å². The monoisotopic (exact) mass is 309 g/mol. The van der Waals surface area contributed by atoms with Crippen molar-refractivity contribution in [2.45, 2.75) is 35.2 Å². The number of halogens is 3. The Balaban J connectivity index is 1.74. The van der Waals surface area contributed by atoms with Crippen molar-refractivity contribution < 1.29 is 13.2 Å². The Bertz CT molecular complexity index is 656. The average molecular weight is 309 g/mol. The Labute approximate surface area is 125 Å². The summed E-state index contributed by atoms with van der Waals surface area (Å²) >= 11 is 0.890. The van der Waals surface area contributed by atoms with Gasteiger partial charge in [-0.15, -0.1) is 0 Å². The van der Waals surface area contributed by atoms with E-state index in [4.69, 9.17) is 0 Å². The first-order valence-corrected chi connectivity index (χ1v) is 7.58. The summed E-state index contributed by atoms with van der Waals surface area (Å²) < 4.78 is 40.7. The maximum atomic E-state index is 14.0. The molecule has 2 aromatic carbocycles. The standard InChI is InChI=1S/C16H14F3NS/c17-11-2-5-13(18)16(8-11)21-15-6-1-10(7-14(15)19)9-20-12-3-4-12/h1-2,5-8,12,20H,3-4,9H2. The lowest BCUT2D eigenvalue weighted by molar-refractivity contribution is 0.575. The maximum absolute atomic E-state index is 14.0. The highest BCUT2D eigenvalue weighted by Gasteiger charge is 2.20. The van der Waals surface area contributed by atoms with Gasteiger partial charge in [-0.1, -0.05) is 17.8 Å². The van der Waals surface area contributed by atoms with Gasteiger partial charge in [0.2, 0.25) is 0 Å². The fourth-order valence-corrected chi connectivity index (χ4v) is 2.83. The Morgan fingerprint density at radius 2 is 1.76 bits per heavy atom. The summed E-state index contributed by atoms with van der Waals surface area (Å²) in [6, 6.07) is 8.57. The molecule has 2 aromatic rings. The first-order chi connectivity index (χ1) is 10.1. The first kappa shape index (κ1) is 14.5. The van der Waals surface area contributed by atoms with Crippen LogP contribution in [0.1, 0.15) is 18.4 Å². The Hall–Kier alpha value is -1.46. The van der Waals surface area contributed by atoms with Gasteiger partial charge < -0.3 is 5.32 Å². The minimum absolute atomic E-state index is 0.0813. The van der Waals surface area contributed by atoms with Crippen molar-refractivity contribution in [2.24, 2.45) is 0 Å². The molecule has 1 saturated carbocycles. The van der Waals surface area contributed by atoms with Crippen LogP contribution in [0.25, 0.3) is 0 Å². The lowest BCUT2D eigenvalue weighted by Gasteiger charge is -2.08. The van der Waals surface area contributed by atoms with Gasteiger partial charge in [-0.3, -0.25) is 0 Å². The highest BCUT2D eigenvalue weighted by atomic mass is 32.2. The molecule has 1 aliphatic carbocycles. The quantitative estimate of drug-likeness (QED) is 0.872. The molecular weight excluding hydrogens is 295 g/mol. The summed E-state index contributed by atoms with van der Waals surface area (Å²) in [5.41, 5.74) is 0.850. The van der Waals surface area contributed by atoms with Crippen LogP contribution >= 0.6 is 11.8 Å². The number of benzene rings is 2. The Kier molecular flexibility index (Phi) is 4.22. The van der Waals surface area contributed by atoms with E-state index >= 15 is 0 Å². The van der Waals surface area contributed by atoms with E-state index in [1.165, 1.54) is 18.9 Å². The third-order valence-electron chi connectivity index (χ3n) is 3.28. The van der Waals surface area contributed by atoms with Gasteiger partial charge in [0, 0.05) is 17.5 Å². The van der Waals surface area contributed by atoms with Crippen molar-refractivity contribution in [1.29, 1.82) is 0 Å². The molecule has 0 radical (unpaired) electrons. The molecule has 1 nitrogen and oxygen atoms in total. The van der Waals surface area contributed by atoms with E-state index in [1.54, 1.807) is 12.1 Å². The van der Waals surface area contributed by atoms with Crippen LogP contribution in [-0.2, 0) is 6.54 Å². The molecule has 1 aliphatic rings. The third kappa shape index (κ3) is 3.80. The summed E-state index contributed by atoms with van der Waals surface area (Å²) in [7, 11) is 0. The van der Waals surface area contributed by atoms with Crippen molar-refractivity contribution >= 4 is 11.8 Å².